The number of hydrogen-bond donors (Lipinski definition) is 2. The first-order valence-corrected chi connectivity index (χ1v) is 7.75. The van der Waals surface area contributed by atoms with Gasteiger partial charge in [-0.25, -0.2) is 9.00 Å². The molecule has 0 bridgehead atoms. The summed E-state index contributed by atoms with van der Waals surface area (Å²) < 4.78 is 48.1. The first-order valence-electron chi connectivity index (χ1n) is 6.60. The minimum absolute atomic E-state index is 0.128. The van der Waals surface area contributed by atoms with Crippen LogP contribution < -0.4 is 5.32 Å². The van der Waals surface area contributed by atoms with Crippen LogP contribution in [0.15, 0.2) is 29.2 Å². The van der Waals surface area contributed by atoms with E-state index in [-0.39, 0.29) is 17.5 Å². The average Bonchev–Trinajstić information content (AvgIpc) is 2.95. The number of alkyl halides is 3. The molecule has 1 heterocycles. The van der Waals surface area contributed by atoms with E-state index in [9.17, 15) is 22.2 Å². The number of nitrogens with zero attached hydrogens (tertiary/aromatic N) is 1. The number of urea groups is 1. The van der Waals surface area contributed by atoms with Gasteiger partial charge in [0.2, 0.25) is 0 Å². The van der Waals surface area contributed by atoms with Crippen molar-refractivity contribution in [1.29, 1.82) is 0 Å². The fraction of sp³-hybridized carbons (Fsp3) is 0.462. The van der Waals surface area contributed by atoms with E-state index in [1.54, 1.807) is 0 Å². The largest absolute Gasteiger partial charge is 0.475 e. The zero-order chi connectivity index (χ0) is 16.3. The van der Waals surface area contributed by atoms with Crippen LogP contribution in [0.3, 0.4) is 0 Å². The Bertz CT molecular complexity index is 563. The smallest absolute Gasteiger partial charge is 0.394 e. The zero-order valence-corrected chi connectivity index (χ0v) is 12.3. The maximum Gasteiger partial charge on any atom is 0.475 e. The van der Waals surface area contributed by atoms with Gasteiger partial charge in [0.1, 0.15) is 0 Å². The van der Waals surface area contributed by atoms with Gasteiger partial charge in [0.05, 0.1) is 12.6 Å². The van der Waals surface area contributed by atoms with E-state index < -0.39 is 22.3 Å². The van der Waals surface area contributed by atoms with Crippen LogP contribution >= 0.6 is 0 Å². The Morgan fingerprint density at radius 2 is 2.00 bits per heavy atom. The lowest BCUT2D eigenvalue weighted by atomic mass is 10.2. The number of amides is 2. The quantitative estimate of drug-likeness (QED) is 0.890. The molecule has 2 N–H and O–H groups in total. The lowest BCUT2D eigenvalue weighted by molar-refractivity contribution is -0.0384. The summed E-state index contributed by atoms with van der Waals surface area (Å²) in [5, 5.41) is 11.7. The molecule has 1 aliphatic heterocycles. The van der Waals surface area contributed by atoms with E-state index in [4.69, 9.17) is 5.11 Å². The number of aliphatic hydroxyl groups excluding tert-OH is 1. The van der Waals surface area contributed by atoms with Crippen molar-refractivity contribution in [3.63, 3.8) is 0 Å². The highest BCUT2D eigenvalue weighted by Gasteiger charge is 2.37. The van der Waals surface area contributed by atoms with Crippen molar-refractivity contribution in [3.8, 4) is 0 Å². The second kappa shape index (κ2) is 6.66. The van der Waals surface area contributed by atoms with E-state index in [1.807, 2.05) is 0 Å². The predicted molar refractivity (Wildman–Crippen MR) is 74.7 cm³/mol. The minimum Gasteiger partial charge on any atom is -0.394 e. The molecule has 2 rings (SSSR count). The molecule has 122 valence electrons. The van der Waals surface area contributed by atoms with Gasteiger partial charge in [-0.15, -0.1) is 0 Å². The lowest BCUT2D eigenvalue weighted by Crippen LogP contribution is -2.40. The molecule has 5 nitrogen and oxygen atoms in total. The molecular weight excluding hydrogens is 321 g/mol. The summed E-state index contributed by atoms with van der Waals surface area (Å²) in [5.74, 6) is 0. The third kappa shape index (κ3) is 3.77. The normalized spacial score (nSPS) is 20.0. The van der Waals surface area contributed by atoms with Crippen molar-refractivity contribution in [1.82, 2.24) is 4.90 Å². The van der Waals surface area contributed by atoms with Crippen LogP contribution in [-0.2, 0) is 10.8 Å². The fourth-order valence-electron chi connectivity index (χ4n) is 2.28. The summed E-state index contributed by atoms with van der Waals surface area (Å²) in [6, 6.07) is 4.00. The maximum atomic E-state index is 12.3. The van der Waals surface area contributed by atoms with Crippen molar-refractivity contribution in [3.05, 3.63) is 24.3 Å². The second-order valence-electron chi connectivity index (χ2n) is 4.84. The minimum atomic E-state index is -4.81. The average molecular weight is 336 g/mol. The van der Waals surface area contributed by atoms with Crippen molar-refractivity contribution >= 4 is 22.5 Å². The van der Waals surface area contributed by atoms with Gasteiger partial charge in [-0.05, 0) is 37.1 Å². The monoisotopic (exact) mass is 336 g/mol. The molecular formula is C13H15F3N2O3S. The van der Waals surface area contributed by atoms with Crippen LogP contribution in [0, 0.1) is 0 Å². The first kappa shape index (κ1) is 16.8. The van der Waals surface area contributed by atoms with Crippen LogP contribution in [0.5, 0.6) is 0 Å². The Morgan fingerprint density at radius 1 is 1.36 bits per heavy atom. The summed E-state index contributed by atoms with van der Waals surface area (Å²) in [5.41, 5.74) is -4.51. The summed E-state index contributed by atoms with van der Waals surface area (Å²) in [7, 11) is -3.09. The number of halogens is 3. The molecule has 0 saturated carbocycles. The van der Waals surface area contributed by atoms with Crippen molar-refractivity contribution < 1.29 is 27.3 Å². The van der Waals surface area contributed by atoms with Gasteiger partial charge in [-0.3, -0.25) is 0 Å². The lowest BCUT2D eigenvalue weighted by Gasteiger charge is -2.23. The van der Waals surface area contributed by atoms with Gasteiger partial charge in [0, 0.05) is 17.1 Å². The van der Waals surface area contributed by atoms with E-state index in [2.05, 4.69) is 5.32 Å². The van der Waals surface area contributed by atoms with Crippen molar-refractivity contribution in [2.75, 3.05) is 18.5 Å². The summed E-state index contributed by atoms with van der Waals surface area (Å²) in [6.07, 6.45) is 1.51. The van der Waals surface area contributed by atoms with E-state index in [1.165, 1.54) is 17.0 Å². The van der Waals surface area contributed by atoms with Crippen LogP contribution in [0.1, 0.15) is 12.8 Å². The highest BCUT2D eigenvalue weighted by Crippen LogP contribution is 2.27. The molecule has 22 heavy (non-hydrogen) atoms. The fourth-order valence-corrected chi connectivity index (χ4v) is 2.93. The van der Waals surface area contributed by atoms with E-state index in [0.717, 1.165) is 18.6 Å². The topological polar surface area (TPSA) is 69.6 Å². The standard InChI is InChI=1S/C13H15F3N2O3S/c14-13(15,16)22(21)11-5-3-9(4-6-11)17-12(20)18-7-1-2-10(18)8-19/h3-6,10,19H,1-2,7-8H2,(H,17,20)/t10-,22-/m0/s1. The molecule has 0 aliphatic carbocycles. The number of nitrogens with one attached hydrogen (secondary N) is 1. The molecule has 1 fully saturated rings. The van der Waals surface area contributed by atoms with E-state index >= 15 is 0 Å². The molecule has 0 spiro atoms. The highest BCUT2D eigenvalue weighted by atomic mass is 32.2. The number of anilines is 1. The Hall–Kier alpha value is -1.61. The van der Waals surface area contributed by atoms with E-state index in [0.29, 0.717) is 18.7 Å². The van der Waals surface area contributed by atoms with Crippen molar-refractivity contribution in [2.45, 2.75) is 29.3 Å². The number of aliphatic hydroxyl groups is 1. The molecule has 2 atom stereocenters. The zero-order valence-electron chi connectivity index (χ0n) is 11.5. The number of carbonyl (C=O) groups is 1. The maximum absolute atomic E-state index is 12.3. The summed E-state index contributed by atoms with van der Waals surface area (Å²) >= 11 is 0. The van der Waals surface area contributed by atoms with Crippen molar-refractivity contribution in [2.24, 2.45) is 0 Å². The molecule has 2 amide bonds. The Balaban J connectivity index is 2.02. The highest BCUT2D eigenvalue weighted by molar-refractivity contribution is 7.86. The van der Waals surface area contributed by atoms with Gasteiger partial charge in [-0.1, -0.05) is 0 Å². The second-order valence-corrected chi connectivity index (χ2v) is 6.31. The Kier molecular flexibility index (Phi) is 5.07. The third-order valence-electron chi connectivity index (χ3n) is 3.38. The molecule has 1 aliphatic rings. The Labute approximate surface area is 127 Å². The predicted octanol–water partition coefficient (Wildman–Crippen LogP) is 2.30. The molecule has 9 heteroatoms. The first-order chi connectivity index (χ1) is 10.3. The van der Waals surface area contributed by atoms with Crippen LogP contribution in [0.25, 0.3) is 0 Å². The van der Waals surface area contributed by atoms with Crippen LogP contribution in [0.2, 0.25) is 0 Å². The molecule has 0 radical (unpaired) electrons. The Morgan fingerprint density at radius 3 is 2.55 bits per heavy atom. The van der Waals surface area contributed by atoms with Gasteiger partial charge < -0.3 is 15.3 Å². The number of rotatable bonds is 3. The van der Waals surface area contributed by atoms with Crippen LogP contribution in [-0.4, -0.2) is 44.9 Å². The van der Waals surface area contributed by atoms with Gasteiger partial charge in [0.25, 0.3) is 0 Å². The number of likely N-dealkylation sites (tertiary alicyclic amines) is 1. The summed E-state index contributed by atoms with van der Waals surface area (Å²) in [4.78, 5) is 13.1. The van der Waals surface area contributed by atoms with Gasteiger partial charge in [-0.2, -0.15) is 13.2 Å². The molecule has 0 unspecified atom stereocenters. The molecule has 1 aromatic rings. The molecule has 1 aromatic carbocycles. The number of benzene rings is 1. The third-order valence-corrected chi connectivity index (χ3v) is 4.50. The number of carbonyl (C=O) groups excluding carboxylic acids is 1. The van der Waals surface area contributed by atoms with Crippen LogP contribution in [0.4, 0.5) is 23.7 Å². The molecule has 1 saturated heterocycles. The van der Waals surface area contributed by atoms with Gasteiger partial charge >= 0.3 is 11.5 Å². The summed E-state index contributed by atoms with van der Waals surface area (Å²) in [6.45, 7) is 0.393. The van der Waals surface area contributed by atoms with Gasteiger partial charge in [0.15, 0.2) is 10.8 Å². The number of hydrogen-bond acceptors (Lipinski definition) is 3. The SMILES string of the molecule is O=C(Nc1ccc([S@](=O)C(F)(F)F)cc1)N1CCC[C@H]1CO. The molecule has 0 aromatic heterocycles.